The van der Waals surface area contributed by atoms with Crippen molar-refractivity contribution in [2.75, 3.05) is 13.1 Å². The highest BCUT2D eigenvalue weighted by Crippen LogP contribution is 2.21. The summed E-state index contributed by atoms with van der Waals surface area (Å²) in [5, 5.41) is 9.23. The van der Waals surface area contributed by atoms with Gasteiger partial charge in [-0.25, -0.2) is 4.79 Å². The van der Waals surface area contributed by atoms with Crippen molar-refractivity contribution in [2.24, 2.45) is 0 Å². The highest BCUT2D eigenvalue weighted by molar-refractivity contribution is 5.67. The average Bonchev–Trinajstić information content (AvgIpc) is 2.67. The lowest BCUT2D eigenvalue weighted by molar-refractivity contribution is 0.0828. The summed E-state index contributed by atoms with van der Waals surface area (Å²) < 4.78 is 7.02. The van der Waals surface area contributed by atoms with Gasteiger partial charge in [-0.15, -0.1) is 0 Å². The summed E-state index contributed by atoms with van der Waals surface area (Å²) in [4.78, 5) is 26.1. The van der Waals surface area contributed by atoms with Gasteiger partial charge in [0.05, 0.1) is 6.61 Å². The Balaban J connectivity index is 1.55. The molecule has 1 aromatic heterocycles. The molecule has 0 spiro atoms. The minimum atomic E-state index is -0.321. The summed E-state index contributed by atoms with van der Waals surface area (Å²) in [6.07, 6.45) is 2.80. The Morgan fingerprint density at radius 3 is 2.52 bits per heavy atom. The van der Waals surface area contributed by atoms with Crippen LogP contribution in [0.5, 0.6) is 0 Å². The van der Waals surface area contributed by atoms with Crippen LogP contribution in [0.4, 0.5) is 4.79 Å². The maximum absolute atomic E-state index is 12.3. The maximum Gasteiger partial charge on any atom is 0.410 e. The number of pyridine rings is 1. The number of hydrogen-bond acceptors (Lipinski definition) is 4. The van der Waals surface area contributed by atoms with Crippen LogP contribution in [0.15, 0.2) is 53.5 Å². The van der Waals surface area contributed by atoms with Gasteiger partial charge in [-0.2, -0.15) is 0 Å². The van der Waals surface area contributed by atoms with E-state index in [1.54, 1.807) is 27.8 Å². The molecule has 132 valence electrons. The summed E-state index contributed by atoms with van der Waals surface area (Å²) >= 11 is 0. The number of carbonyl (C=O) groups excluding carboxylic acids is 1. The second-order valence-electron chi connectivity index (χ2n) is 6.16. The van der Waals surface area contributed by atoms with Crippen molar-refractivity contribution in [2.45, 2.75) is 32.1 Å². The third kappa shape index (κ3) is 4.09. The minimum absolute atomic E-state index is 0.0390. The predicted molar refractivity (Wildman–Crippen MR) is 93.1 cm³/mol. The molecular weight excluding hydrogens is 320 g/mol. The third-order valence-corrected chi connectivity index (χ3v) is 4.54. The molecule has 0 saturated carbocycles. The van der Waals surface area contributed by atoms with Gasteiger partial charge in [0.15, 0.2) is 0 Å². The topological polar surface area (TPSA) is 71.8 Å². The summed E-state index contributed by atoms with van der Waals surface area (Å²) in [5.74, 6) is 0. The van der Waals surface area contributed by atoms with Gasteiger partial charge in [0.25, 0.3) is 5.56 Å². The molecule has 6 heteroatoms. The average molecular weight is 342 g/mol. The van der Waals surface area contributed by atoms with Crippen molar-refractivity contribution in [3.63, 3.8) is 0 Å². The number of rotatable bonds is 4. The van der Waals surface area contributed by atoms with E-state index in [1.807, 2.05) is 30.3 Å². The Hall–Kier alpha value is -2.60. The Bertz CT molecular complexity index is 764. The number of aliphatic hydroxyl groups is 1. The van der Waals surface area contributed by atoms with Crippen molar-refractivity contribution >= 4 is 6.09 Å². The van der Waals surface area contributed by atoms with E-state index in [1.165, 1.54) is 0 Å². The largest absolute Gasteiger partial charge is 0.445 e. The third-order valence-electron chi connectivity index (χ3n) is 4.54. The molecule has 1 N–H and O–H groups in total. The number of likely N-dealkylation sites (tertiary alicyclic amines) is 1. The van der Waals surface area contributed by atoms with E-state index >= 15 is 0 Å². The molecule has 25 heavy (non-hydrogen) atoms. The van der Waals surface area contributed by atoms with E-state index in [2.05, 4.69) is 0 Å². The molecule has 0 atom stereocenters. The van der Waals surface area contributed by atoms with Crippen LogP contribution in [0.25, 0.3) is 0 Å². The zero-order chi connectivity index (χ0) is 17.6. The molecule has 3 rings (SSSR count). The number of piperidine rings is 1. The number of amides is 1. The number of hydrogen-bond donors (Lipinski definition) is 1. The monoisotopic (exact) mass is 342 g/mol. The molecular formula is C19H22N2O4. The van der Waals surface area contributed by atoms with E-state index in [-0.39, 0.29) is 30.9 Å². The molecule has 0 radical (unpaired) electrons. The van der Waals surface area contributed by atoms with E-state index in [0.29, 0.717) is 31.5 Å². The van der Waals surface area contributed by atoms with Crippen molar-refractivity contribution in [3.8, 4) is 0 Å². The highest BCUT2D eigenvalue weighted by Gasteiger charge is 2.25. The summed E-state index contributed by atoms with van der Waals surface area (Å²) in [5.41, 5.74) is 1.19. The summed E-state index contributed by atoms with van der Waals surface area (Å²) in [7, 11) is 0. The Kier molecular flexibility index (Phi) is 5.50. The van der Waals surface area contributed by atoms with E-state index in [0.717, 1.165) is 5.56 Å². The van der Waals surface area contributed by atoms with Crippen LogP contribution < -0.4 is 5.56 Å². The molecule has 0 bridgehead atoms. The molecule has 1 saturated heterocycles. The number of nitrogens with zero attached hydrogens (tertiary/aromatic N) is 2. The van der Waals surface area contributed by atoms with Crippen LogP contribution in [-0.2, 0) is 18.0 Å². The fraction of sp³-hybridized carbons (Fsp3) is 0.368. The van der Waals surface area contributed by atoms with Crippen LogP contribution in [0, 0.1) is 0 Å². The minimum Gasteiger partial charge on any atom is -0.445 e. The predicted octanol–water partition coefficient (Wildman–Crippen LogP) is 2.31. The summed E-state index contributed by atoms with van der Waals surface area (Å²) in [6.45, 7) is 1.10. The quantitative estimate of drug-likeness (QED) is 0.925. The second kappa shape index (κ2) is 7.98. The van der Waals surface area contributed by atoms with Crippen molar-refractivity contribution in [1.29, 1.82) is 0 Å². The van der Waals surface area contributed by atoms with Crippen LogP contribution in [0.2, 0.25) is 0 Å². The molecule has 2 heterocycles. The first kappa shape index (κ1) is 17.2. The van der Waals surface area contributed by atoms with Gasteiger partial charge in [-0.05, 0) is 30.5 Å². The number of aromatic nitrogens is 1. The van der Waals surface area contributed by atoms with Gasteiger partial charge in [0, 0.05) is 30.9 Å². The zero-order valence-corrected chi connectivity index (χ0v) is 14.0. The number of benzene rings is 1. The molecule has 1 fully saturated rings. The zero-order valence-electron chi connectivity index (χ0n) is 14.0. The fourth-order valence-corrected chi connectivity index (χ4v) is 3.10. The molecule has 1 aromatic carbocycles. The van der Waals surface area contributed by atoms with Crippen LogP contribution in [0.3, 0.4) is 0 Å². The van der Waals surface area contributed by atoms with Gasteiger partial charge in [-0.3, -0.25) is 4.79 Å². The van der Waals surface area contributed by atoms with Crippen molar-refractivity contribution in [3.05, 3.63) is 70.1 Å². The van der Waals surface area contributed by atoms with Crippen LogP contribution in [0.1, 0.15) is 30.0 Å². The molecule has 2 aromatic rings. The molecule has 1 aliphatic rings. The lowest BCUT2D eigenvalue weighted by Gasteiger charge is -2.32. The first-order chi connectivity index (χ1) is 12.2. The number of aliphatic hydroxyl groups excluding tert-OH is 1. The number of ether oxygens (including phenoxy) is 1. The fourth-order valence-electron chi connectivity index (χ4n) is 3.10. The Morgan fingerprint density at radius 2 is 1.84 bits per heavy atom. The standard InChI is InChI=1S/C19H22N2O4/c22-13-16-7-4-10-21(18(16)23)17-8-11-20(12-9-17)19(24)25-14-15-5-2-1-3-6-15/h1-7,10,17,22H,8-9,11-14H2. The van der Waals surface area contributed by atoms with E-state index in [9.17, 15) is 14.7 Å². The van der Waals surface area contributed by atoms with Gasteiger partial charge in [0.1, 0.15) is 6.61 Å². The first-order valence-corrected chi connectivity index (χ1v) is 8.45. The van der Waals surface area contributed by atoms with Crippen LogP contribution in [-0.4, -0.2) is 33.8 Å². The Labute approximate surface area is 146 Å². The van der Waals surface area contributed by atoms with Gasteiger partial charge < -0.3 is 19.3 Å². The lowest BCUT2D eigenvalue weighted by Crippen LogP contribution is -2.41. The van der Waals surface area contributed by atoms with E-state index in [4.69, 9.17) is 4.74 Å². The SMILES string of the molecule is O=C(OCc1ccccc1)N1CCC(n2cccc(CO)c2=O)CC1. The molecule has 1 aliphatic heterocycles. The number of carbonyl (C=O) groups is 1. The highest BCUT2D eigenvalue weighted by atomic mass is 16.6. The molecule has 6 nitrogen and oxygen atoms in total. The van der Waals surface area contributed by atoms with Gasteiger partial charge >= 0.3 is 6.09 Å². The summed E-state index contributed by atoms with van der Waals surface area (Å²) in [6, 6.07) is 13.0. The lowest BCUT2D eigenvalue weighted by atomic mass is 10.0. The molecule has 0 unspecified atom stereocenters. The smallest absolute Gasteiger partial charge is 0.410 e. The second-order valence-corrected chi connectivity index (χ2v) is 6.16. The van der Waals surface area contributed by atoms with E-state index < -0.39 is 0 Å². The first-order valence-electron chi connectivity index (χ1n) is 8.45. The van der Waals surface area contributed by atoms with Crippen LogP contribution >= 0.6 is 0 Å². The maximum atomic E-state index is 12.3. The van der Waals surface area contributed by atoms with Crippen molar-refractivity contribution in [1.82, 2.24) is 9.47 Å². The Morgan fingerprint density at radius 1 is 1.12 bits per heavy atom. The normalized spacial score (nSPS) is 15.2. The molecule has 0 aliphatic carbocycles. The van der Waals surface area contributed by atoms with Gasteiger partial charge in [0.2, 0.25) is 0 Å². The molecule has 1 amide bonds. The van der Waals surface area contributed by atoms with Crippen molar-refractivity contribution < 1.29 is 14.6 Å². The van der Waals surface area contributed by atoms with Gasteiger partial charge in [-0.1, -0.05) is 30.3 Å².